The van der Waals surface area contributed by atoms with Crippen LogP contribution in [0.4, 0.5) is 27.9 Å². The molecular formula is C21H31FN6O. The summed E-state index contributed by atoms with van der Waals surface area (Å²) >= 11 is 0. The Morgan fingerprint density at radius 2 is 1.62 bits per heavy atom. The number of aromatic nitrogens is 3. The van der Waals surface area contributed by atoms with E-state index in [-0.39, 0.29) is 11.3 Å². The Hall–Kier alpha value is -2.64. The number of methoxy groups -OCH3 is 1. The fourth-order valence-corrected chi connectivity index (χ4v) is 3.37. The number of benzene rings is 1. The molecule has 0 atom stereocenters. The van der Waals surface area contributed by atoms with Crippen LogP contribution in [0.5, 0.6) is 5.75 Å². The van der Waals surface area contributed by atoms with Crippen molar-refractivity contribution >= 4 is 23.5 Å². The van der Waals surface area contributed by atoms with Crippen LogP contribution < -0.4 is 20.7 Å². The molecule has 2 aromatic rings. The molecule has 0 unspecified atom stereocenters. The van der Waals surface area contributed by atoms with E-state index in [4.69, 9.17) is 4.74 Å². The zero-order valence-corrected chi connectivity index (χ0v) is 17.7. The second-order valence-corrected chi connectivity index (χ2v) is 8.49. The molecule has 1 aliphatic carbocycles. The average Bonchev–Trinajstić information content (AvgIpc) is 2.89. The SMILES string of the molecule is COc1ccc(Nc2nc(NC3CCCCCC3)nc(NC(C)(C)C)n2)cc1F. The lowest BCUT2D eigenvalue weighted by Gasteiger charge is -2.22. The highest BCUT2D eigenvalue weighted by Crippen LogP contribution is 2.25. The minimum atomic E-state index is -0.448. The Bertz CT molecular complexity index is 815. The van der Waals surface area contributed by atoms with Gasteiger partial charge in [0.25, 0.3) is 0 Å². The topological polar surface area (TPSA) is 84.0 Å². The molecule has 0 radical (unpaired) electrons. The van der Waals surface area contributed by atoms with Gasteiger partial charge in [-0.15, -0.1) is 0 Å². The summed E-state index contributed by atoms with van der Waals surface area (Å²) < 4.78 is 19.0. The minimum absolute atomic E-state index is 0.192. The normalized spacial score (nSPS) is 15.5. The number of nitrogens with one attached hydrogen (secondary N) is 3. The number of nitrogens with zero attached hydrogens (tertiary/aromatic N) is 3. The number of rotatable bonds is 6. The highest BCUT2D eigenvalue weighted by atomic mass is 19.1. The van der Waals surface area contributed by atoms with Crippen LogP contribution in [0.2, 0.25) is 0 Å². The summed E-state index contributed by atoms with van der Waals surface area (Å²) in [6.07, 6.45) is 7.21. The lowest BCUT2D eigenvalue weighted by atomic mass is 10.1. The summed E-state index contributed by atoms with van der Waals surface area (Å²) in [5, 5.41) is 9.83. The summed E-state index contributed by atoms with van der Waals surface area (Å²) in [5.41, 5.74) is 0.335. The van der Waals surface area contributed by atoms with Crippen molar-refractivity contribution in [3.63, 3.8) is 0 Å². The Labute approximate surface area is 171 Å². The van der Waals surface area contributed by atoms with Crippen LogP contribution in [0.25, 0.3) is 0 Å². The van der Waals surface area contributed by atoms with Crippen molar-refractivity contribution in [2.24, 2.45) is 0 Å². The molecule has 1 fully saturated rings. The van der Waals surface area contributed by atoms with Crippen LogP contribution in [0, 0.1) is 5.82 Å². The van der Waals surface area contributed by atoms with Crippen molar-refractivity contribution in [1.29, 1.82) is 0 Å². The minimum Gasteiger partial charge on any atom is -0.494 e. The molecule has 0 amide bonds. The Morgan fingerprint density at radius 3 is 2.24 bits per heavy atom. The number of hydrogen-bond acceptors (Lipinski definition) is 7. The molecule has 1 aliphatic rings. The van der Waals surface area contributed by atoms with Gasteiger partial charge in [-0.25, -0.2) is 4.39 Å². The lowest BCUT2D eigenvalue weighted by Crippen LogP contribution is -2.28. The van der Waals surface area contributed by atoms with E-state index in [1.165, 1.54) is 38.9 Å². The second-order valence-electron chi connectivity index (χ2n) is 8.49. The zero-order valence-electron chi connectivity index (χ0n) is 17.7. The summed E-state index contributed by atoms with van der Waals surface area (Å²) in [6.45, 7) is 6.13. The van der Waals surface area contributed by atoms with Crippen molar-refractivity contribution < 1.29 is 9.13 Å². The first kappa shape index (κ1) is 21.1. The van der Waals surface area contributed by atoms with E-state index in [0.29, 0.717) is 29.6 Å². The maximum atomic E-state index is 14.0. The van der Waals surface area contributed by atoms with Crippen LogP contribution in [0.1, 0.15) is 59.3 Å². The van der Waals surface area contributed by atoms with E-state index in [1.807, 2.05) is 20.8 Å². The highest BCUT2D eigenvalue weighted by Gasteiger charge is 2.17. The molecule has 7 nitrogen and oxygen atoms in total. The first-order valence-electron chi connectivity index (χ1n) is 10.2. The van der Waals surface area contributed by atoms with E-state index in [2.05, 4.69) is 30.9 Å². The van der Waals surface area contributed by atoms with Crippen LogP contribution in [-0.2, 0) is 0 Å². The first-order chi connectivity index (χ1) is 13.8. The molecule has 158 valence electrons. The quantitative estimate of drug-likeness (QED) is 0.579. The monoisotopic (exact) mass is 402 g/mol. The second kappa shape index (κ2) is 9.24. The third-order valence-electron chi connectivity index (χ3n) is 4.72. The molecule has 0 spiro atoms. The van der Waals surface area contributed by atoms with E-state index in [1.54, 1.807) is 12.1 Å². The highest BCUT2D eigenvalue weighted by molar-refractivity contribution is 5.57. The van der Waals surface area contributed by atoms with Gasteiger partial charge in [0.05, 0.1) is 7.11 Å². The van der Waals surface area contributed by atoms with Crippen molar-refractivity contribution in [1.82, 2.24) is 15.0 Å². The van der Waals surface area contributed by atoms with E-state index in [9.17, 15) is 4.39 Å². The van der Waals surface area contributed by atoms with Gasteiger partial charge in [-0.2, -0.15) is 15.0 Å². The fourth-order valence-electron chi connectivity index (χ4n) is 3.37. The molecule has 3 N–H and O–H groups in total. The summed E-state index contributed by atoms with van der Waals surface area (Å²) in [7, 11) is 1.44. The summed E-state index contributed by atoms with van der Waals surface area (Å²) in [4.78, 5) is 13.5. The maximum absolute atomic E-state index is 14.0. The maximum Gasteiger partial charge on any atom is 0.233 e. The predicted molar refractivity (Wildman–Crippen MR) is 115 cm³/mol. The third-order valence-corrected chi connectivity index (χ3v) is 4.72. The molecule has 29 heavy (non-hydrogen) atoms. The van der Waals surface area contributed by atoms with Crippen molar-refractivity contribution in [2.45, 2.75) is 70.9 Å². The van der Waals surface area contributed by atoms with Crippen LogP contribution in [-0.4, -0.2) is 33.6 Å². The van der Waals surface area contributed by atoms with Crippen molar-refractivity contribution in [3.05, 3.63) is 24.0 Å². The van der Waals surface area contributed by atoms with Gasteiger partial charge in [-0.3, -0.25) is 0 Å². The smallest absolute Gasteiger partial charge is 0.233 e. The van der Waals surface area contributed by atoms with Crippen LogP contribution in [0.15, 0.2) is 18.2 Å². The third kappa shape index (κ3) is 6.44. The Kier molecular flexibility index (Phi) is 6.71. The van der Waals surface area contributed by atoms with E-state index < -0.39 is 5.82 Å². The van der Waals surface area contributed by atoms with Gasteiger partial charge >= 0.3 is 0 Å². The zero-order chi connectivity index (χ0) is 20.9. The fraction of sp³-hybridized carbons (Fsp3) is 0.571. The van der Waals surface area contributed by atoms with Gasteiger partial charge < -0.3 is 20.7 Å². The Balaban J connectivity index is 1.84. The molecule has 8 heteroatoms. The lowest BCUT2D eigenvalue weighted by molar-refractivity contribution is 0.386. The van der Waals surface area contributed by atoms with Gasteiger partial charge in [0.1, 0.15) is 0 Å². The number of ether oxygens (including phenoxy) is 1. The Morgan fingerprint density at radius 1 is 0.966 bits per heavy atom. The van der Waals surface area contributed by atoms with Gasteiger partial charge in [0.15, 0.2) is 11.6 Å². The molecule has 3 rings (SSSR count). The molecule has 1 heterocycles. The standard InChI is InChI=1S/C21H31FN6O/c1-21(2,3)28-20-26-18(23-14-9-7-5-6-8-10-14)25-19(27-20)24-15-11-12-17(29-4)16(22)13-15/h11-14H,5-10H2,1-4H3,(H3,23,24,25,26,27,28). The predicted octanol–water partition coefficient (Wildman–Crippen LogP) is 5.11. The van der Waals surface area contributed by atoms with Crippen molar-refractivity contribution in [3.8, 4) is 5.75 Å². The molecule has 0 aliphatic heterocycles. The number of hydrogen-bond donors (Lipinski definition) is 3. The first-order valence-corrected chi connectivity index (χ1v) is 10.2. The van der Waals surface area contributed by atoms with Crippen LogP contribution >= 0.6 is 0 Å². The van der Waals surface area contributed by atoms with Gasteiger partial charge in [-0.05, 0) is 45.7 Å². The van der Waals surface area contributed by atoms with Crippen LogP contribution in [0.3, 0.4) is 0 Å². The molecule has 1 aromatic carbocycles. The van der Waals surface area contributed by atoms with E-state index in [0.717, 1.165) is 12.8 Å². The molecule has 1 aromatic heterocycles. The summed E-state index contributed by atoms with van der Waals surface area (Å²) in [6, 6.07) is 5.00. The van der Waals surface area contributed by atoms with E-state index >= 15 is 0 Å². The molecular weight excluding hydrogens is 371 g/mol. The van der Waals surface area contributed by atoms with Gasteiger partial charge in [0, 0.05) is 23.3 Å². The number of anilines is 4. The average molecular weight is 403 g/mol. The van der Waals surface area contributed by atoms with Gasteiger partial charge in [-0.1, -0.05) is 25.7 Å². The number of halogens is 1. The largest absolute Gasteiger partial charge is 0.494 e. The molecule has 1 saturated carbocycles. The van der Waals surface area contributed by atoms with Crippen molar-refractivity contribution in [2.75, 3.05) is 23.1 Å². The molecule has 0 saturated heterocycles. The molecule has 0 bridgehead atoms. The van der Waals surface area contributed by atoms with Gasteiger partial charge in [0.2, 0.25) is 17.8 Å². The summed E-state index contributed by atoms with van der Waals surface area (Å²) in [5.74, 6) is 1.09.